The molecule has 1 aliphatic heterocycles. The lowest BCUT2D eigenvalue weighted by Gasteiger charge is -2.11. The third-order valence-electron chi connectivity index (χ3n) is 2.86. The van der Waals surface area contributed by atoms with E-state index < -0.39 is 32.8 Å². The Morgan fingerprint density at radius 1 is 1.13 bits per heavy atom. The standard InChI is InChI=1S/C13H7ClF3NO4S/c14-8-6-7(15)4-5-11(8)23(19,20)18-9-2-1-3-10-12(9)22-13(16,17)21-10/h1-6,18H. The molecule has 0 radical (unpaired) electrons. The Morgan fingerprint density at radius 2 is 1.87 bits per heavy atom. The molecule has 0 spiro atoms. The monoisotopic (exact) mass is 365 g/mol. The molecule has 0 fully saturated rings. The molecule has 10 heteroatoms. The van der Waals surface area contributed by atoms with Crippen molar-refractivity contribution >= 4 is 27.3 Å². The summed E-state index contributed by atoms with van der Waals surface area (Å²) in [5.74, 6) is -1.49. The number of sulfonamides is 1. The van der Waals surface area contributed by atoms with E-state index in [1.807, 2.05) is 0 Å². The molecule has 122 valence electrons. The van der Waals surface area contributed by atoms with Crippen LogP contribution in [0.15, 0.2) is 41.3 Å². The molecule has 0 amide bonds. The van der Waals surface area contributed by atoms with Crippen molar-refractivity contribution in [3.63, 3.8) is 0 Å². The maximum absolute atomic E-state index is 13.1. The van der Waals surface area contributed by atoms with E-state index in [0.29, 0.717) is 0 Å². The maximum atomic E-state index is 13.1. The minimum absolute atomic E-state index is 0.264. The van der Waals surface area contributed by atoms with Crippen molar-refractivity contribution in [2.45, 2.75) is 11.2 Å². The predicted molar refractivity (Wildman–Crippen MR) is 74.9 cm³/mol. The fourth-order valence-corrected chi connectivity index (χ4v) is 3.54. The van der Waals surface area contributed by atoms with E-state index in [9.17, 15) is 21.6 Å². The average molecular weight is 366 g/mol. The molecule has 0 saturated carbocycles. The second-order valence-electron chi connectivity index (χ2n) is 4.48. The topological polar surface area (TPSA) is 64.6 Å². The second-order valence-corrected chi connectivity index (χ2v) is 6.54. The van der Waals surface area contributed by atoms with Gasteiger partial charge >= 0.3 is 6.29 Å². The quantitative estimate of drug-likeness (QED) is 0.902. The van der Waals surface area contributed by atoms with Gasteiger partial charge in [0.05, 0.1) is 10.7 Å². The van der Waals surface area contributed by atoms with Crippen LogP contribution in [0, 0.1) is 5.82 Å². The molecule has 1 heterocycles. The lowest BCUT2D eigenvalue weighted by Crippen LogP contribution is -2.26. The van der Waals surface area contributed by atoms with E-state index in [1.54, 1.807) is 0 Å². The molecule has 0 unspecified atom stereocenters. The van der Waals surface area contributed by atoms with E-state index in [-0.39, 0.29) is 16.5 Å². The highest BCUT2D eigenvalue weighted by molar-refractivity contribution is 7.92. The molecule has 2 aromatic rings. The van der Waals surface area contributed by atoms with Gasteiger partial charge in [-0.05, 0) is 30.3 Å². The smallest absolute Gasteiger partial charge is 0.395 e. The summed E-state index contributed by atoms with van der Waals surface area (Å²) in [5, 5.41) is -0.354. The number of fused-ring (bicyclic) bond motifs is 1. The van der Waals surface area contributed by atoms with Crippen molar-refractivity contribution in [2.24, 2.45) is 0 Å². The molecule has 0 aromatic heterocycles. The Hall–Kier alpha value is -2.13. The van der Waals surface area contributed by atoms with Gasteiger partial charge in [-0.15, -0.1) is 8.78 Å². The zero-order chi connectivity index (χ0) is 16.8. The Morgan fingerprint density at radius 3 is 2.57 bits per heavy atom. The number of nitrogens with one attached hydrogen (secondary N) is 1. The van der Waals surface area contributed by atoms with E-state index >= 15 is 0 Å². The predicted octanol–water partition coefficient (Wildman–Crippen LogP) is 3.60. The van der Waals surface area contributed by atoms with Gasteiger partial charge in [0, 0.05) is 0 Å². The highest BCUT2D eigenvalue weighted by atomic mass is 35.5. The van der Waals surface area contributed by atoms with Crippen LogP contribution in [0.1, 0.15) is 0 Å². The SMILES string of the molecule is O=S(=O)(Nc1cccc2c1OC(F)(F)O2)c1ccc(F)cc1Cl. The van der Waals surface area contributed by atoms with Gasteiger partial charge in [0.15, 0.2) is 11.5 Å². The first-order valence-corrected chi connectivity index (χ1v) is 7.91. The van der Waals surface area contributed by atoms with E-state index in [4.69, 9.17) is 11.6 Å². The van der Waals surface area contributed by atoms with Gasteiger partial charge < -0.3 is 9.47 Å². The lowest BCUT2D eigenvalue weighted by molar-refractivity contribution is -0.286. The van der Waals surface area contributed by atoms with E-state index in [0.717, 1.165) is 18.2 Å². The first-order chi connectivity index (χ1) is 10.7. The first-order valence-electron chi connectivity index (χ1n) is 6.05. The van der Waals surface area contributed by atoms with Gasteiger partial charge in [-0.25, -0.2) is 12.8 Å². The van der Waals surface area contributed by atoms with Crippen molar-refractivity contribution in [2.75, 3.05) is 4.72 Å². The molecule has 23 heavy (non-hydrogen) atoms. The normalized spacial score (nSPS) is 15.5. The van der Waals surface area contributed by atoms with Crippen molar-refractivity contribution in [1.29, 1.82) is 0 Å². The third-order valence-corrected chi connectivity index (χ3v) is 4.70. The van der Waals surface area contributed by atoms with Gasteiger partial charge in [-0.3, -0.25) is 4.72 Å². The largest absolute Gasteiger partial charge is 0.586 e. The summed E-state index contributed by atoms with van der Waals surface area (Å²) < 4.78 is 74.4. The van der Waals surface area contributed by atoms with Crippen molar-refractivity contribution in [1.82, 2.24) is 0 Å². The molecular weight excluding hydrogens is 359 g/mol. The number of alkyl halides is 2. The number of rotatable bonds is 3. The van der Waals surface area contributed by atoms with Crippen LogP contribution >= 0.6 is 11.6 Å². The van der Waals surface area contributed by atoms with Gasteiger partial charge in [-0.2, -0.15) is 0 Å². The van der Waals surface area contributed by atoms with Crippen molar-refractivity contribution in [3.05, 3.63) is 47.2 Å². The fourth-order valence-electron chi connectivity index (χ4n) is 1.94. The van der Waals surface area contributed by atoms with Crippen molar-refractivity contribution < 1.29 is 31.1 Å². The molecule has 5 nitrogen and oxygen atoms in total. The summed E-state index contributed by atoms with van der Waals surface area (Å²) in [6.45, 7) is 0. The molecule has 2 aromatic carbocycles. The number of anilines is 1. The number of halogens is 4. The Labute approximate surface area is 133 Å². The Kier molecular flexibility index (Phi) is 3.56. The molecule has 0 atom stereocenters. The summed E-state index contributed by atoms with van der Waals surface area (Å²) in [5.41, 5.74) is -0.264. The molecule has 1 aliphatic rings. The summed E-state index contributed by atoms with van der Waals surface area (Å²) in [6, 6.07) is 6.38. The van der Waals surface area contributed by atoms with Crippen molar-refractivity contribution in [3.8, 4) is 11.5 Å². The van der Waals surface area contributed by atoms with Crippen LogP contribution in [-0.2, 0) is 10.0 Å². The van der Waals surface area contributed by atoms with E-state index in [1.165, 1.54) is 18.2 Å². The summed E-state index contributed by atoms with van der Waals surface area (Å²) in [6.07, 6.45) is -3.89. The van der Waals surface area contributed by atoms with Crippen LogP contribution in [0.5, 0.6) is 11.5 Å². The molecule has 1 N–H and O–H groups in total. The first kappa shape index (κ1) is 15.8. The summed E-state index contributed by atoms with van der Waals surface area (Å²) >= 11 is 5.71. The number of para-hydroxylation sites is 1. The number of hydrogen-bond acceptors (Lipinski definition) is 4. The van der Waals surface area contributed by atoms with Gasteiger partial charge in [0.25, 0.3) is 10.0 Å². The average Bonchev–Trinajstić information content (AvgIpc) is 2.73. The molecular formula is C13H7ClF3NO4S. The molecule has 0 aliphatic carbocycles. The maximum Gasteiger partial charge on any atom is 0.586 e. The number of hydrogen-bond donors (Lipinski definition) is 1. The van der Waals surface area contributed by atoms with Crippen LogP contribution in [-0.4, -0.2) is 14.7 Å². The Bertz CT molecular complexity index is 889. The van der Waals surface area contributed by atoms with Crippen LogP contribution < -0.4 is 14.2 Å². The van der Waals surface area contributed by atoms with Crippen LogP contribution in [0.2, 0.25) is 5.02 Å². The number of ether oxygens (including phenoxy) is 2. The minimum Gasteiger partial charge on any atom is -0.395 e. The zero-order valence-corrected chi connectivity index (χ0v) is 12.6. The van der Waals surface area contributed by atoms with Crippen LogP contribution in [0.3, 0.4) is 0 Å². The fraction of sp³-hybridized carbons (Fsp3) is 0.0769. The van der Waals surface area contributed by atoms with Gasteiger partial charge in [0.1, 0.15) is 10.7 Å². The van der Waals surface area contributed by atoms with Gasteiger partial charge in [-0.1, -0.05) is 17.7 Å². The van der Waals surface area contributed by atoms with Crippen LogP contribution in [0.25, 0.3) is 0 Å². The summed E-state index contributed by atoms with van der Waals surface area (Å²) in [7, 11) is -4.25. The second kappa shape index (κ2) is 5.20. The third kappa shape index (κ3) is 3.02. The molecule has 0 saturated heterocycles. The molecule has 0 bridgehead atoms. The number of benzene rings is 2. The molecule has 3 rings (SSSR count). The lowest BCUT2D eigenvalue weighted by atomic mass is 10.3. The highest BCUT2D eigenvalue weighted by Crippen LogP contribution is 2.46. The van der Waals surface area contributed by atoms with Crippen LogP contribution in [0.4, 0.5) is 18.9 Å². The summed E-state index contributed by atoms with van der Waals surface area (Å²) in [4.78, 5) is -0.413. The highest BCUT2D eigenvalue weighted by Gasteiger charge is 2.45. The Balaban J connectivity index is 1.99. The van der Waals surface area contributed by atoms with E-state index in [2.05, 4.69) is 14.2 Å². The zero-order valence-electron chi connectivity index (χ0n) is 11.0. The van der Waals surface area contributed by atoms with Gasteiger partial charge in [0.2, 0.25) is 0 Å². The minimum atomic E-state index is -4.25.